The van der Waals surface area contributed by atoms with E-state index in [9.17, 15) is 19.6 Å². The topological polar surface area (TPSA) is 112 Å². The summed E-state index contributed by atoms with van der Waals surface area (Å²) in [5, 5.41) is 15.7. The van der Waals surface area contributed by atoms with Crippen LogP contribution in [0.4, 0.5) is 10.7 Å². The number of amides is 3. The molecule has 42 heavy (non-hydrogen) atoms. The zero-order valence-electron chi connectivity index (χ0n) is 23.0. The Kier molecular flexibility index (Phi) is 8.91. The van der Waals surface area contributed by atoms with E-state index in [1.165, 1.54) is 30.0 Å². The van der Waals surface area contributed by atoms with Gasteiger partial charge < -0.3 is 20.3 Å². The van der Waals surface area contributed by atoms with Crippen molar-refractivity contribution in [3.63, 3.8) is 0 Å². The van der Waals surface area contributed by atoms with E-state index in [0.29, 0.717) is 47.1 Å². The monoisotopic (exact) mass is 596 g/mol. The van der Waals surface area contributed by atoms with E-state index >= 15 is 0 Å². The largest absolute Gasteiger partial charge is 0.497 e. The number of nitriles is 1. The molecule has 0 fully saturated rings. The molecule has 0 spiro atoms. The number of hydrogen-bond donors (Lipinski definition) is 2. The summed E-state index contributed by atoms with van der Waals surface area (Å²) in [7, 11) is 1.55. The first-order chi connectivity index (χ1) is 20.4. The first kappa shape index (κ1) is 28.9. The van der Waals surface area contributed by atoms with Crippen LogP contribution in [0.5, 0.6) is 5.75 Å². The van der Waals surface area contributed by atoms with Gasteiger partial charge in [-0.1, -0.05) is 42.5 Å². The lowest BCUT2D eigenvalue weighted by molar-refractivity contribution is -0.129. The van der Waals surface area contributed by atoms with Gasteiger partial charge in [0, 0.05) is 34.5 Å². The van der Waals surface area contributed by atoms with Crippen molar-refractivity contribution in [2.75, 3.05) is 24.3 Å². The lowest BCUT2D eigenvalue weighted by Crippen LogP contribution is -2.33. The first-order valence-electron chi connectivity index (χ1n) is 13.2. The number of nitrogens with zero attached hydrogens (tertiary/aromatic N) is 2. The Morgan fingerprint density at radius 2 is 1.81 bits per heavy atom. The minimum absolute atomic E-state index is 0.0133. The summed E-state index contributed by atoms with van der Waals surface area (Å²) in [4.78, 5) is 42.0. The molecule has 1 aliphatic rings. The highest BCUT2D eigenvalue weighted by atomic mass is 32.2. The predicted octanol–water partition coefficient (Wildman–Crippen LogP) is 6.26. The molecule has 3 aromatic carbocycles. The van der Waals surface area contributed by atoms with Gasteiger partial charge in [-0.05, 0) is 53.9 Å². The second kappa shape index (κ2) is 12.9. The SMILES string of the molecule is COc1cccc(C(=O)Nc2cccc(SC(C(=O)Nc3sc4c(c3C#N)CCN(C(C)=O)C4)c3ccccc3)c2)c1. The highest BCUT2D eigenvalue weighted by molar-refractivity contribution is 8.00. The molecule has 1 aromatic heterocycles. The number of anilines is 2. The molecule has 0 radical (unpaired) electrons. The number of methoxy groups -OCH3 is 1. The minimum Gasteiger partial charge on any atom is -0.497 e. The van der Waals surface area contributed by atoms with Crippen molar-refractivity contribution >= 4 is 51.5 Å². The summed E-state index contributed by atoms with van der Waals surface area (Å²) in [6.07, 6.45) is 0.579. The van der Waals surface area contributed by atoms with Crippen molar-refractivity contribution < 1.29 is 19.1 Å². The van der Waals surface area contributed by atoms with Crippen LogP contribution in [0.2, 0.25) is 0 Å². The number of thioether (sulfide) groups is 1. The molecule has 0 saturated carbocycles. The van der Waals surface area contributed by atoms with Gasteiger partial charge in [-0.25, -0.2) is 0 Å². The van der Waals surface area contributed by atoms with Gasteiger partial charge in [0.2, 0.25) is 11.8 Å². The fourth-order valence-corrected chi connectivity index (χ4v) is 7.01. The van der Waals surface area contributed by atoms with Gasteiger partial charge in [0.05, 0.1) is 19.2 Å². The van der Waals surface area contributed by atoms with Crippen molar-refractivity contribution in [1.82, 2.24) is 4.90 Å². The van der Waals surface area contributed by atoms with Crippen LogP contribution in [0.15, 0.2) is 83.8 Å². The van der Waals surface area contributed by atoms with Gasteiger partial charge in [0.15, 0.2) is 0 Å². The molecule has 8 nitrogen and oxygen atoms in total. The zero-order valence-corrected chi connectivity index (χ0v) is 24.7. The maximum atomic E-state index is 13.8. The lowest BCUT2D eigenvalue weighted by atomic mass is 10.0. The second-order valence-corrected chi connectivity index (χ2v) is 11.9. The van der Waals surface area contributed by atoms with Crippen LogP contribution in [-0.2, 0) is 22.6 Å². The van der Waals surface area contributed by atoms with E-state index in [-0.39, 0.29) is 17.7 Å². The van der Waals surface area contributed by atoms with Crippen molar-refractivity contribution in [3.05, 3.63) is 106 Å². The van der Waals surface area contributed by atoms with Crippen LogP contribution in [0.3, 0.4) is 0 Å². The fraction of sp³-hybridized carbons (Fsp3) is 0.188. The molecule has 212 valence electrons. The summed E-state index contributed by atoms with van der Waals surface area (Å²) in [5.74, 6) is 0.0320. The van der Waals surface area contributed by atoms with Crippen molar-refractivity contribution in [1.29, 1.82) is 5.26 Å². The molecular weight excluding hydrogens is 569 g/mol. The maximum absolute atomic E-state index is 13.8. The summed E-state index contributed by atoms with van der Waals surface area (Å²) in [6.45, 7) is 2.52. The van der Waals surface area contributed by atoms with Gasteiger partial charge in [0.25, 0.3) is 5.91 Å². The Bertz CT molecular complexity index is 1680. The van der Waals surface area contributed by atoms with Gasteiger partial charge in [-0.2, -0.15) is 5.26 Å². The molecule has 0 bridgehead atoms. The van der Waals surface area contributed by atoms with E-state index < -0.39 is 5.25 Å². The third-order valence-corrected chi connectivity index (χ3v) is 9.25. The quantitative estimate of drug-likeness (QED) is 0.232. The number of rotatable bonds is 8. The average Bonchev–Trinajstić information content (AvgIpc) is 3.36. The fourth-order valence-electron chi connectivity index (χ4n) is 4.71. The van der Waals surface area contributed by atoms with Crippen LogP contribution < -0.4 is 15.4 Å². The third-order valence-electron chi connectivity index (χ3n) is 6.87. The Balaban J connectivity index is 1.37. The Labute approximate surface area is 252 Å². The summed E-state index contributed by atoms with van der Waals surface area (Å²) in [5.41, 5.74) is 3.22. The molecule has 0 saturated heterocycles. The Morgan fingerprint density at radius 3 is 2.55 bits per heavy atom. The smallest absolute Gasteiger partial charge is 0.255 e. The van der Waals surface area contributed by atoms with Gasteiger partial charge in [-0.3, -0.25) is 14.4 Å². The van der Waals surface area contributed by atoms with Crippen LogP contribution in [0.25, 0.3) is 0 Å². The number of ether oxygens (including phenoxy) is 1. The third kappa shape index (κ3) is 6.48. The molecule has 5 rings (SSSR count). The normalized spacial score (nSPS) is 12.9. The molecule has 0 aliphatic carbocycles. The van der Waals surface area contributed by atoms with Crippen molar-refractivity contribution in [3.8, 4) is 11.8 Å². The van der Waals surface area contributed by atoms with Crippen molar-refractivity contribution in [2.45, 2.75) is 30.0 Å². The van der Waals surface area contributed by atoms with Crippen LogP contribution in [0.1, 0.15) is 44.1 Å². The summed E-state index contributed by atoms with van der Waals surface area (Å²) >= 11 is 2.70. The van der Waals surface area contributed by atoms with E-state index in [4.69, 9.17) is 4.74 Å². The van der Waals surface area contributed by atoms with Gasteiger partial charge in [0.1, 0.15) is 22.1 Å². The molecule has 3 amide bonds. The number of fused-ring (bicyclic) bond motifs is 1. The molecule has 2 heterocycles. The van der Waals surface area contributed by atoms with Crippen LogP contribution in [0, 0.1) is 11.3 Å². The molecule has 1 aliphatic heterocycles. The molecular formula is C32H28N4O4S2. The highest BCUT2D eigenvalue weighted by Gasteiger charge is 2.29. The molecule has 10 heteroatoms. The van der Waals surface area contributed by atoms with Gasteiger partial charge in [-0.15, -0.1) is 23.1 Å². The molecule has 2 N–H and O–H groups in total. The van der Waals surface area contributed by atoms with Crippen LogP contribution >= 0.6 is 23.1 Å². The number of hydrogen-bond acceptors (Lipinski definition) is 7. The highest BCUT2D eigenvalue weighted by Crippen LogP contribution is 2.40. The summed E-state index contributed by atoms with van der Waals surface area (Å²) in [6, 6.07) is 25.9. The Hall–Kier alpha value is -4.59. The van der Waals surface area contributed by atoms with Crippen molar-refractivity contribution in [2.24, 2.45) is 0 Å². The standard InChI is InChI=1S/C32H28N4O4S2/c1-20(37)36-15-14-26-27(18-33)32(42-28(26)19-36)35-31(39)29(21-8-4-3-5-9-21)41-25-13-7-11-23(17-25)34-30(38)22-10-6-12-24(16-22)40-2/h3-13,16-17,29H,14-15,19H2,1-2H3,(H,34,38)(H,35,39). The predicted molar refractivity (Wildman–Crippen MR) is 165 cm³/mol. The van der Waals surface area contributed by atoms with Gasteiger partial charge >= 0.3 is 0 Å². The number of carbonyl (C=O) groups is 3. The Morgan fingerprint density at radius 1 is 1.02 bits per heavy atom. The number of benzene rings is 3. The molecule has 1 unspecified atom stereocenters. The number of nitrogens with one attached hydrogen (secondary N) is 2. The van der Waals surface area contributed by atoms with E-state index in [0.717, 1.165) is 20.9 Å². The minimum atomic E-state index is -0.630. The summed E-state index contributed by atoms with van der Waals surface area (Å²) < 4.78 is 5.22. The second-order valence-electron chi connectivity index (χ2n) is 9.62. The number of carbonyl (C=O) groups excluding carboxylic acids is 3. The zero-order chi connectivity index (χ0) is 29.6. The molecule has 4 aromatic rings. The maximum Gasteiger partial charge on any atom is 0.255 e. The lowest BCUT2D eigenvalue weighted by Gasteiger charge is -2.25. The van der Waals surface area contributed by atoms with E-state index in [1.807, 2.05) is 48.5 Å². The number of thiophene rings is 1. The molecule has 1 atom stereocenters. The van der Waals surface area contributed by atoms with Crippen LogP contribution in [-0.4, -0.2) is 36.3 Å². The van der Waals surface area contributed by atoms with E-state index in [2.05, 4.69) is 16.7 Å². The van der Waals surface area contributed by atoms with E-state index in [1.54, 1.807) is 42.3 Å². The first-order valence-corrected chi connectivity index (χ1v) is 14.9. The average molecular weight is 597 g/mol.